The summed E-state index contributed by atoms with van der Waals surface area (Å²) in [6.45, 7) is 12.2. The number of rotatable bonds is 14. The van der Waals surface area contributed by atoms with Crippen LogP contribution in [0.5, 0.6) is 23.0 Å². The molecule has 39 heavy (non-hydrogen) atoms. The first-order valence-electron chi connectivity index (χ1n) is 13.5. The van der Waals surface area contributed by atoms with E-state index in [4.69, 9.17) is 19.3 Å². The van der Waals surface area contributed by atoms with Crippen molar-refractivity contribution in [1.82, 2.24) is 15.2 Å². The number of carbonyl (C=O) groups excluding carboxylic acids is 1. The van der Waals surface area contributed by atoms with Crippen LogP contribution in [0.25, 0.3) is 10.9 Å². The Balaban J connectivity index is 1.63. The molecule has 9 heteroatoms. The second kappa shape index (κ2) is 14.6. The standard InChI is InChI=1S/C30H42N4O5/c1-6-34(17-18-35)16-7-19-38-28-21-25-24(20-27(28)37-5)26(12-14-31-25)39-23-10-8-22(9-11-23)33-29(36)32-15-13-30(2,3)4/h8-12,14,20-21,35H,6-7,13,15-19H2,1-5H3,(H2,32,33,36). The molecule has 0 bridgehead atoms. The van der Waals surface area contributed by atoms with Crippen molar-refractivity contribution in [3.63, 3.8) is 0 Å². The van der Waals surface area contributed by atoms with Crippen molar-refractivity contribution >= 4 is 22.6 Å². The molecule has 0 spiro atoms. The number of nitrogens with one attached hydrogen (secondary N) is 2. The molecule has 0 aliphatic rings. The number of benzene rings is 2. The van der Waals surface area contributed by atoms with Gasteiger partial charge in [-0.2, -0.15) is 0 Å². The lowest BCUT2D eigenvalue weighted by Crippen LogP contribution is -2.31. The Bertz CT molecular complexity index is 1190. The minimum atomic E-state index is -0.231. The van der Waals surface area contributed by atoms with Gasteiger partial charge in [-0.1, -0.05) is 27.7 Å². The third-order valence-electron chi connectivity index (χ3n) is 6.23. The Morgan fingerprint density at radius 1 is 1.05 bits per heavy atom. The van der Waals surface area contributed by atoms with Crippen LogP contribution in [0.15, 0.2) is 48.7 Å². The summed E-state index contributed by atoms with van der Waals surface area (Å²) < 4.78 is 17.8. The molecule has 1 heterocycles. The van der Waals surface area contributed by atoms with Crippen LogP contribution in [0.2, 0.25) is 0 Å². The first-order chi connectivity index (χ1) is 18.7. The molecule has 0 aliphatic carbocycles. The Hall–Kier alpha value is -3.56. The van der Waals surface area contributed by atoms with Gasteiger partial charge in [-0.3, -0.25) is 4.98 Å². The van der Waals surface area contributed by atoms with E-state index >= 15 is 0 Å². The van der Waals surface area contributed by atoms with E-state index in [2.05, 4.69) is 48.2 Å². The zero-order valence-electron chi connectivity index (χ0n) is 23.8. The van der Waals surface area contributed by atoms with Gasteiger partial charge >= 0.3 is 6.03 Å². The van der Waals surface area contributed by atoms with E-state index in [1.165, 1.54) is 0 Å². The lowest BCUT2D eigenvalue weighted by molar-refractivity contribution is 0.188. The quantitative estimate of drug-likeness (QED) is 0.227. The van der Waals surface area contributed by atoms with Gasteiger partial charge in [-0.25, -0.2) is 4.79 Å². The molecule has 0 saturated heterocycles. The van der Waals surface area contributed by atoms with Crippen LogP contribution in [0.3, 0.4) is 0 Å². The third kappa shape index (κ3) is 9.60. The van der Waals surface area contributed by atoms with E-state index in [1.54, 1.807) is 31.5 Å². The molecule has 3 rings (SSSR count). The molecule has 3 aromatic rings. The number of aromatic nitrogens is 1. The normalized spacial score (nSPS) is 11.5. The van der Waals surface area contributed by atoms with Crippen LogP contribution in [-0.4, -0.2) is 67.5 Å². The topological polar surface area (TPSA) is 105 Å². The Morgan fingerprint density at radius 2 is 1.82 bits per heavy atom. The maximum absolute atomic E-state index is 12.2. The molecular formula is C30H42N4O5. The van der Waals surface area contributed by atoms with Gasteiger partial charge in [0.2, 0.25) is 0 Å². The van der Waals surface area contributed by atoms with Crippen molar-refractivity contribution in [2.45, 2.75) is 40.5 Å². The molecule has 0 unspecified atom stereocenters. The molecule has 3 N–H and O–H groups in total. The molecule has 0 saturated carbocycles. The monoisotopic (exact) mass is 538 g/mol. The molecule has 0 fully saturated rings. The number of aliphatic hydroxyl groups is 1. The van der Waals surface area contributed by atoms with E-state index in [0.717, 1.165) is 36.8 Å². The fraction of sp³-hybridized carbons (Fsp3) is 0.467. The molecule has 212 valence electrons. The van der Waals surface area contributed by atoms with Crippen LogP contribution in [0.4, 0.5) is 10.5 Å². The summed E-state index contributed by atoms with van der Waals surface area (Å²) >= 11 is 0. The smallest absolute Gasteiger partial charge is 0.319 e. The van der Waals surface area contributed by atoms with Gasteiger partial charge in [0, 0.05) is 43.0 Å². The second-order valence-corrected chi connectivity index (χ2v) is 10.5. The predicted molar refractivity (Wildman–Crippen MR) is 155 cm³/mol. The summed E-state index contributed by atoms with van der Waals surface area (Å²) in [6.07, 6.45) is 3.42. The molecule has 2 aromatic carbocycles. The van der Waals surface area contributed by atoms with Gasteiger partial charge in [-0.15, -0.1) is 0 Å². The number of anilines is 1. The van der Waals surface area contributed by atoms with E-state index in [-0.39, 0.29) is 18.1 Å². The van der Waals surface area contributed by atoms with E-state index in [0.29, 0.717) is 48.4 Å². The molecule has 0 aliphatic heterocycles. The molecule has 1 aromatic heterocycles. The van der Waals surface area contributed by atoms with Gasteiger partial charge in [0.05, 0.1) is 25.8 Å². The Morgan fingerprint density at radius 3 is 2.49 bits per heavy atom. The highest BCUT2D eigenvalue weighted by Gasteiger charge is 2.13. The summed E-state index contributed by atoms with van der Waals surface area (Å²) in [6, 6.07) is 12.5. The van der Waals surface area contributed by atoms with Crippen molar-refractivity contribution in [3.8, 4) is 23.0 Å². The summed E-state index contributed by atoms with van der Waals surface area (Å²) in [7, 11) is 1.61. The van der Waals surface area contributed by atoms with Gasteiger partial charge in [-0.05, 0) is 61.2 Å². The van der Waals surface area contributed by atoms with Crippen LogP contribution < -0.4 is 24.8 Å². The second-order valence-electron chi connectivity index (χ2n) is 10.5. The highest BCUT2D eigenvalue weighted by Crippen LogP contribution is 2.37. The Labute approximate surface area is 231 Å². The fourth-order valence-electron chi connectivity index (χ4n) is 3.99. The number of fused-ring (bicyclic) bond motifs is 1. The summed E-state index contributed by atoms with van der Waals surface area (Å²) in [5.74, 6) is 2.48. The number of aliphatic hydroxyl groups excluding tert-OH is 1. The van der Waals surface area contributed by atoms with Crippen LogP contribution >= 0.6 is 0 Å². The average Bonchev–Trinajstić information content (AvgIpc) is 2.90. The van der Waals surface area contributed by atoms with Gasteiger partial charge in [0.25, 0.3) is 0 Å². The molecule has 0 atom stereocenters. The maximum Gasteiger partial charge on any atom is 0.319 e. The first kappa shape index (κ1) is 30.0. The number of hydrogen-bond acceptors (Lipinski definition) is 7. The molecule has 9 nitrogen and oxygen atoms in total. The number of hydrogen-bond donors (Lipinski definition) is 3. The lowest BCUT2D eigenvalue weighted by Gasteiger charge is -2.19. The number of pyridine rings is 1. The summed E-state index contributed by atoms with van der Waals surface area (Å²) in [4.78, 5) is 18.8. The predicted octanol–water partition coefficient (Wildman–Crippen LogP) is 5.68. The fourth-order valence-corrected chi connectivity index (χ4v) is 3.99. The van der Waals surface area contributed by atoms with E-state index < -0.39 is 0 Å². The third-order valence-corrected chi connectivity index (χ3v) is 6.23. The van der Waals surface area contributed by atoms with Crippen molar-refractivity contribution in [2.24, 2.45) is 5.41 Å². The molecular weight excluding hydrogens is 496 g/mol. The van der Waals surface area contributed by atoms with Gasteiger partial charge < -0.3 is 34.9 Å². The number of likely N-dealkylation sites (N-methyl/N-ethyl adjacent to an activating group) is 1. The summed E-state index contributed by atoms with van der Waals surface area (Å²) in [5, 5.41) is 15.7. The zero-order chi connectivity index (χ0) is 28.3. The van der Waals surface area contributed by atoms with Gasteiger partial charge in [0.15, 0.2) is 11.5 Å². The van der Waals surface area contributed by atoms with Crippen molar-refractivity contribution in [3.05, 3.63) is 48.7 Å². The largest absolute Gasteiger partial charge is 0.493 e. The number of ether oxygens (including phenoxy) is 3. The van der Waals surface area contributed by atoms with Crippen LogP contribution in [-0.2, 0) is 0 Å². The minimum Gasteiger partial charge on any atom is -0.493 e. The maximum atomic E-state index is 12.2. The molecule has 2 amide bonds. The summed E-state index contributed by atoms with van der Waals surface area (Å²) in [5.41, 5.74) is 1.57. The lowest BCUT2D eigenvalue weighted by atomic mass is 9.92. The minimum absolute atomic E-state index is 0.152. The first-order valence-corrected chi connectivity index (χ1v) is 13.5. The van der Waals surface area contributed by atoms with Crippen molar-refractivity contribution in [2.75, 3.05) is 51.8 Å². The van der Waals surface area contributed by atoms with Crippen molar-refractivity contribution < 1.29 is 24.1 Å². The number of carbonyl (C=O) groups is 1. The SMILES string of the molecule is CCN(CCO)CCCOc1cc2nccc(Oc3ccc(NC(=O)NCCC(C)(C)C)cc3)c2cc1OC. The van der Waals surface area contributed by atoms with E-state index in [1.807, 2.05) is 24.3 Å². The van der Waals surface area contributed by atoms with Crippen molar-refractivity contribution in [1.29, 1.82) is 0 Å². The number of methoxy groups -OCH3 is 1. The number of nitrogens with zero attached hydrogens (tertiary/aromatic N) is 2. The Kier molecular flexibility index (Phi) is 11.2. The number of urea groups is 1. The number of amides is 2. The highest BCUT2D eigenvalue weighted by atomic mass is 16.5. The van der Waals surface area contributed by atoms with Gasteiger partial charge in [0.1, 0.15) is 11.5 Å². The molecule has 0 radical (unpaired) electrons. The average molecular weight is 539 g/mol. The van der Waals surface area contributed by atoms with Crippen LogP contribution in [0.1, 0.15) is 40.5 Å². The zero-order valence-corrected chi connectivity index (χ0v) is 23.8. The van der Waals surface area contributed by atoms with E-state index in [9.17, 15) is 4.79 Å². The highest BCUT2D eigenvalue weighted by molar-refractivity contribution is 5.89. The van der Waals surface area contributed by atoms with Crippen LogP contribution in [0, 0.1) is 5.41 Å².